The van der Waals surface area contributed by atoms with E-state index in [-0.39, 0.29) is 23.5 Å². The van der Waals surface area contributed by atoms with Crippen molar-refractivity contribution in [3.05, 3.63) is 95.1 Å². The molecule has 0 radical (unpaired) electrons. The minimum absolute atomic E-state index is 0.0439. The van der Waals surface area contributed by atoms with Crippen LogP contribution in [0.5, 0.6) is 5.75 Å². The molecule has 0 spiro atoms. The van der Waals surface area contributed by atoms with Crippen molar-refractivity contribution in [3.63, 3.8) is 0 Å². The van der Waals surface area contributed by atoms with Gasteiger partial charge in [0.05, 0.1) is 6.04 Å². The van der Waals surface area contributed by atoms with Gasteiger partial charge in [-0.3, -0.25) is 14.6 Å². The van der Waals surface area contributed by atoms with Crippen LogP contribution < -0.4 is 10.1 Å². The number of benzene rings is 2. The summed E-state index contributed by atoms with van der Waals surface area (Å²) in [7, 11) is 0. The number of carbonyl (C=O) groups excluding carboxylic acids is 2. The standard InChI is InChI=1S/C30H34FN3O3/c1-4-27(30(36)33-19-21-7-6-13-32-18-21)37-25-11-10-22-12-14-34(28(35)15-20(2)3)29(26(22)17-25)23-8-5-9-24(31)16-23/h5-11,13,16-18,20,27,29H,4,12,14-15,19H2,1-3H3,(H,33,36)/t27-,29+/m1/s1. The SMILES string of the molecule is CC[C@@H](Oc1ccc2c(c1)[C@H](c1cccc(F)c1)N(C(=O)CC(C)C)CC2)C(=O)NCc1cccnc1. The quantitative estimate of drug-likeness (QED) is 0.435. The number of hydrogen-bond donors (Lipinski definition) is 1. The van der Waals surface area contributed by atoms with Crippen LogP contribution >= 0.6 is 0 Å². The molecular formula is C30H34FN3O3. The largest absolute Gasteiger partial charge is 0.481 e. The lowest BCUT2D eigenvalue weighted by Gasteiger charge is -2.38. The predicted molar refractivity (Wildman–Crippen MR) is 140 cm³/mol. The molecule has 0 bridgehead atoms. The number of halogens is 1. The molecule has 7 heteroatoms. The first-order valence-electron chi connectivity index (χ1n) is 12.9. The topological polar surface area (TPSA) is 71.5 Å². The summed E-state index contributed by atoms with van der Waals surface area (Å²) in [4.78, 5) is 32.0. The van der Waals surface area contributed by atoms with Gasteiger partial charge in [-0.1, -0.05) is 45.0 Å². The molecule has 2 amide bonds. The van der Waals surface area contributed by atoms with Crippen molar-refractivity contribution in [3.8, 4) is 5.75 Å². The fourth-order valence-electron chi connectivity index (χ4n) is 4.73. The van der Waals surface area contributed by atoms with Crippen LogP contribution in [0.15, 0.2) is 67.0 Å². The zero-order chi connectivity index (χ0) is 26.4. The average Bonchev–Trinajstić information content (AvgIpc) is 2.89. The van der Waals surface area contributed by atoms with Gasteiger partial charge in [0.1, 0.15) is 11.6 Å². The van der Waals surface area contributed by atoms with Gasteiger partial charge in [0, 0.05) is 31.9 Å². The van der Waals surface area contributed by atoms with Crippen LogP contribution in [-0.4, -0.2) is 34.3 Å². The van der Waals surface area contributed by atoms with Crippen LogP contribution in [-0.2, 0) is 22.6 Å². The molecule has 37 heavy (non-hydrogen) atoms. The van der Waals surface area contributed by atoms with Gasteiger partial charge >= 0.3 is 0 Å². The molecule has 4 rings (SSSR count). The highest BCUT2D eigenvalue weighted by Crippen LogP contribution is 2.38. The van der Waals surface area contributed by atoms with Gasteiger partial charge in [0.2, 0.25) is 5.91 Å². The zero-order valence-electron chi connectivity index (χ0n) is 21.6. The lowest BCUT2D eigenvalue weighted by Crippen LogP contribution is -2.41. The number of rotatable bonds is 9. The number of nitrogens with zero attached hydrogens (tertiary/aromatic N) is 2. The molecule has 2 heterocycles. The van der Waals surface area contributed by atoms with Gasteiger partial charge in [-0.05, 0) is 71.3 Å². The Kier molecular flexibility index (Phi) is 8.54. The molecule has 1 aromatic heterocycles. The number of hydrogen-bond acceptors (Lipinski definition) is 4. The van der Waals surface area contributed by atoms with Gasteiger partial charge in [0.25, 0.3) is 5.91 Å². The molecule has 1 N–H and O–H groups in total. The Bertz CT molecular complexity index is 1230. The van der Waals surface area contributed by atoms with Crippen LogP contribution in [0.1, 0.15) is 61.9 Å². The summed E-state index contributed by atoms with van der Waals surface area (Å²) in [5, 5.41) is 2.92. The molecule has 0 aliphatic carbocycles. The van der Waals surface area contributed by atoms with Gasteiger partial charge in [-0.15, -0.1) is 0 Å². The highest BCUT2D eigenvalue weighted by atomic mass is 19.1. The Labute approximate surface area is 217 Å². The van der Waals surface area contributed by atoms with Crippen molar-refractivity contribution < 1.29 is 18.7 Å². The fourth-order valence-corrected chi connectivity index (χ4v) is 4.73. The molecule has 3 aromatic rings. The summed E-state index contributed by atoms with van der Waals surface area (Å²) < 4.78 is 20.4. The van der Waals surface area contributed by atoms with Crippen molar-refractivity contribution in [2.45, 2.75) is 58.7 Å². The third-order valence-electron chi connectivity index (χ3n) is 6.54. The number of ether oxygens (including phenoxy) is 1. The Hall–Kier alpha value is -3.74. The lowest BCUT2D eigenvalue weighted by molar-refractivity contribution is -0.134. The maximum absolute atomic E-state index is 14.2. The summed E-state index contributed by atoms with van der Waals surface area (Å²) in [6, 6.07) is 15.5. The van der Waals surface area contributed by atoms with E-state index in [2.05, 4.69) is 10.3 Å². The Morgan fingerprint density at radius 2 is 2.00 bits per heavy atom. The smallest absolute Gasteiger partial charge is 0.261 e. The van der Waals surface area contributed by atoms with Gasteiger partial charge in [-0.25, -0.2) is 4.39 Å². The summed E-state index contributed by atoms with van der Waals surface area (Å²) >= 11 is 0. The average molecular weight is 504 g/mol. The summed E-state index contributed by atoms with van der Waals surface area (Å²) in [5.74, 6) is 0.250. The summed E-state index contributed by atoms with van der Waals surface area (Å²) in [6.07, 6.45) is 4.34. The zero-order valence-corrected chi connectivity index (χ0v) is 21.6. The first kappa shape index (κ1) is 26.3. The first-order valence-corrected chi connectivity index (χ1v) is 12.9. The van der Waals surface area contributed by atoms with Crippen LogP contribution in [0, 0.1) is 11.7 Å². The molecule has 0 unspecified atom stereocenters. The van der Waals surface area contributed by atoms with Crippen LogP contribution in [0.25, 0.3) is 0 Å². The number of fused-ring (bicyclic) bond motifs is 1. The van der Waals surface area contributed by atoms with Crippen molar-refractivity contribution in [1.82, 2.24) is 15.2 Å². The van der Waals surface area contributed by atoms with Crippen molar-refractivity contribution in [2.24, 2.45) is 5.92 Å². The first-order chi connectivity index (χ1) is 17.9. The molecule has 194 valence electrons. The van der Waals surface area contributed by atoms with Crippen LogP contribution in [0.3, 0.4) is 0 Å². The maximum atomic E-state index is 14.2. The van der Waals surface area contributed by atoms with Gasteiger partial charge in [0.15, 0.2) is 6.10 Å². The van der Waals surface area contributed by atoms with E-state index >= 15 is 0 Å². The molecular weight excluding hydrogens is 469 g/mol. The predicted octanol–water partition coefficient (Wildman–Crippen LogP) is 5.21. The normalized spacial score (nSPS) is 15.7. The third-order valence-corrected chi connectivity index (χ3v) is 6.54. The monoisotopic (exact) mass is 503 g/mol. The highest BCUT2D eigenvalue weighted by molar-refractivity contribution is 5.81. The van der Waals surface area contributed by atoms with E-state index in [0.717, 1.165) is 22.3 Å². The second-order valence-corrected chi connectivity index (χ2v) is 9.85. The number of carbonyl (C=O) groups is 2. The van der Waals surface area contributed by atoms with Crippen LogP contribution in [0.2, 0.25) is 0 Å². The minimum atomic E-state index is -0.676. The lowest BCUT2D eigenvalue weighted by atomic mass is 9.87. The molecule has 2 aromatic carbocycles. The van der Waals surface area contributed by atoms with E-state index in [4.69, 9.17) is 4.74 Å². The van der Waals surface area contributed by atoms with Crippen LogP contribution in [0.4, 0.5) is 4.39 Å². The second-order valence-electron chi connectivity index (χ2n) is 9.85. The molecule has 1 aliphatic heterocycles. The Balaban J connectivity index is 1.59. The van der Waals surface area contributed by atoms with E-state index in [9.17, 15) is 14.0 Å². The van der Waals surface area contributed by atoms with E-state index in [1.165, 1.54) is 12.1 Å². The molecule has 0 saturated heterocycles. The number of pyridine rings is 1. The van der Waals surface area contributed by atoms with E-state index in [1.54, 1.807) is 18.5 Å². The van der Waals surface area contributed by atoms with Crippen molar-refractivity contribution in [1.29, 1.82) is 0 Å². The van der Waals surface area contributed by atoms with E-state index < -0.39 is 12.1 Å². The number of nitrogens with one attached hydrogen (secondary N) is 1. The van der Waals surface area contributed by atoms with Crippen molar-refractivity contribution >= 4 is 11.8 Å². The minimum Gasteiger partial charge on any atom is -0.481 e. The molecule has 1 aliphatic rings. The third kappa shape index (κ3) is 6.53. The van der Waals surface area contributed by atoms with Gasteiger partial charge < -0.3 is 15.0 Å². The number of amides is 2. The summed E-state index contributed by atoms with van der Waals surface area (Å²) in [5.41, 5.74) is 3.61. The summed E-state index contributed by atoms with van der Waals surface area (Å²) in [6.45, 7) is 6.86. The molecule has 2 atom stereocenters. The molecule has 0 fully saturated rings. The number of aromatic nitrogens is 1. The van der Waals surface area contributed by atoms with E-state index in [1.807, 2.05) is 62.1 Å². The van der Waals surface area contributed by atoms with Crippen molar-refractivity contribution in [2.75, 3.05) is 6.54 Å². The molecule has 0 saturated carbocycles. The molecule has 6 nitrogen and oxygen atoms in total. The maximum Gasteiger partial charge on any atom is 0.261 e. The highest BCUT2D eigenvalue weighted by Gasteiger charge is 2.33. The fraction of sp³-hybridized carbons (Fsp3) is 0.367. The van der Waals surface area contributed by atoms with Gasteiger partial charge in [-0.2, -0.15) is 0 Å². The Morgan fingerprint density at radius 3 is 2.70 bits per heavy atom. The second kappa shape index (κ2) is 12.0. The Morgan fingerprint density at radius 1 is 1.16 bits per heavy atom. The van der Waals surface area contributed by atoms with E-state index in [0.29, 0.717) is 38.1 Å².